The maximum atomic E-state index is 11.5. The summed E-state index contributed by atoms with van der Waals surface area (Å²) in [6.07, 6.45) is 6.24. The molecule has 0 heterocycles. The lowest BCUT2D eigenvalue weighted by Gasteiger charge is -2.23. The molecule has 2 aliphatic rings. The van der Waals surface area contributed by atoms with E-state index in [9.17, 15) is 4.79 Å². The predicted molar refractivity (Wildman–Crippen MR) is 71.1 cm³/mol. The highest BCUT2D eigenvalue weighted by molar-refractivity contribution is 5.75. The van der Waals surface area contributed by atoms with Gasteiger partial charge in [-0.2, -0.15) is 0 Å². The van der Waals surface area contributed by atoms with Gasteiger partial charge in [0.2, 0.25) is 0 Å². The fourth-order valence-corrected chi connectivity index (χ4v) is 2.28. The van der Waals surface area contributed by atoms with Gasteiger partial charge in [0, 0.05) is 19.6 Å². The number of esters is 1. The Morgan fingerprint density at radius 2 is 1.83 bits per heavy atom. The zero-order chi connectivity index (χ0) is 13.0. The molecule has 0 spiro atoms. The summed E-state index contributed by atoms with van der Waals surface area (Å²) < 4.78 is 4.94. The van der Waals surface area contributed by atoms with E-state index in [1.165, 1.54) is 38.8 Å². The Kier molecular flexibility index (Phi) is 5.01. The smallest absolute Gasteiger partial charge is 0.322 e. The molecule has 4 heteroatoms. The van der Waals surface area contributed by atoms with Crippen LogP contribution in [-0.2, 0) is 9.53 Å². The van der Waals surface area contributed by atoms with Gasteiger partial charge in [0.1, 0.15) is 6.04 Å². The van der Waals surface area contributed by atoms with E-state index in [0.29, 0.717) is 6.61 Å². The third-order valence-electron chi connectivity index (χ3n) is 3.77. The largest absolute Gasteiger partial charge is 0.465 e. The summed E-state index contributed by atoms with van der Waals surface area (Å²) in [5, 5.41) is 0. The number of rotatable bonds is 9. The van der Waals surface area contributed by atoms with E-state index >= 15 is 0 Å². The van der Waals surface area contributed by atoms with Gasteiger partial charge in [-0.15, -0.1) is 0 Å². The monoisotopic (exact) mass is 254 g/mol. The fraction of sp³-hybridized carbons (Fsp3) is 0.929. The number of nitrogens with two attached hydrogens (primary N) is 1. The first kappa shape index (κ1) is 13.8. The molecule has 0 bridgehead atoms. The van der Waals surface area contributed by atoms with Crippen LogP contribution in [0.2, 0.25) is 0 Å². The first-order valence-electron chi connectivity index (χ1n) is 7.33. The Morgan fingerprint density at radius 1 is 1.28 bits per heavy atom. The molecule has 0 aromatic carbocycles. The maximum absolute atomic E-state index is 11.5. The molecule has 0 saturated heterocycles. The van der Waals surface area contributed by atoms with E-state index in [0.717, 1.165) is 24.8 Å². The number of hydrogen-bond donors (Lipinski definition) is 1. The zero-order valence-corrected chi connectivity index (χ0v) is 11.4. The molecule has 2 rings (SSSR count). The molecule has 0 radical (unpaired) electrons. The lowest BCUT2D eigenvalue weighted by atomic mass is 10.2. The Bertz CT molecular complexity index is 261. The normalized spacial score (nSPS) is 21.1. The number of ether oxygens (including phenoxy) is 1. The molecule has 0 aliphatic heterocycles. The first-order valence-corrected chi connectivity index (χ1v) is 7.33. The Balaban J connectivity index is 1.67. The van der Waals surface area contributed by atoms with E-state index in [2.05, 4.69) is 4.90 Å². The molecule has 2 N–H and O–H groups in total. The summed E-state index contributed by atoms with van der Waals surface area (Å²) in [4.78, 5) is 14.0. The van der Waals surface area contributed by atoms with Gasteiger partial charge in [-0.25, -0.2) is 0 Å². The lowest BCUT2D eigenvalue weighted by Crippen LogP contribution is -2.38. The van der Waals surface area contributed by atoms with Crippen molar-refractivity contribution in [3.05, 3.63) is 0 Å². The Labute approximate surface area is 110 Å². The summed E-state index contributed by atoms with van der Waals surface area (Å²) in [6.45, 7) is 5.57. The summed E-state index contributed by atoms with van der Waals surface area (Å²) >= 11 is 0. The molecule has 2 saturated carbocycles. The van der Waals surface area contributed by atoms with Crippen molar-refractivity contribution in [3.8, 4) is 0 Å². The van der Waals surface area contributed by atoms with Crippen molar-refractivity contribution in [2.45, 2.75) is 45.1 Å². The van der Waals surface area contributed by atoms with Crippen LogP contribution < -0.4 is 5.73 Å². The van der Waals surface area contributed by atoms with Crippen molar-refractivity contribution in [1.29, 1.82) is 0 Å². The van der Waals surface area contributed by atoms with Crippen molar-refractivity contribution in [1.82, 2.24) is 4.90 Å². The van der Waals surface area contributed by atoms with Gasteiger partial charge in [0.05, 0.1) is 6.61 Å². The molecule has 1 unspecified atom stereocenters. The van der Waals surface area contributed by atoms with Gasteiger partial charge in [-0.05, 0) is 50.9 Å². The Morgan fingerprint density at radius 3 is 2.28 bits per heavy atom. The highest BCUT2D eigenvalue weighted by atomic mass is 16.5. The summed E-state index contributed by atoms with van der Waals surface area (Å²) in [5.41, 5.74) is 5.84. The minimum absolute atomic E-state index is 0.254. The van der Waals surface area contributed by atoms with Crippen LogP contribution in [0.25, 0.3) is 0 Å². The lowest BCUT2D eigenvalue weighted by molar-refractivity contribution is -0.144. The van der Waals surface area contributed by atoms with E-state index in [1.807, 2.05) is 6.92 Å². The Hall–Kier alpha value is -0.610. The van der Waals surface area contributed by atoms with E-state index in [1.54, 1.807) is 0 Å². The molecule has 0 aromatic rings. The number of nitrogens with zero attached hydrogens (tertiary/aromatic N) is 1. The third-order valence-corrected chi connectivity index (χ3v) is 3.77. The van der Waals surface area contributed by atoms with Crippen molar-refractivity contribution in [2.75, 3.05) is 26.2 Å². The quantitative estimate of drug-likeness (QED) is 0.632. The molecule has 0 aromatic heterocycles. The standard InChI is InChI=1S/C14H26N2O2/c1-2-18-14(17)13(15)7-8-16(9-11-3-4-11)10-12-5-6-12/h11-13H,2-10,15H2,1H3. The van der Waals surface area contributed by atoms with E-state index in [4.69, 9.17) is 10.5 Å². The second-order valence-corrected chi connectivity index (χ2v) is 5.79. The third kappa shape index (κ3) is 4.94. The van der Waals surface area contributed by atoms with Gasteiger partial charge in [-0.1, -0.05) is 0 Å². The van der Waals surface area contributed by atoms with Crippen molar-refractivity contribution < 1.29 is 9.53 Å². The molecule has 18 heavy (non-hydrogen) atoms. The average molecular weight is 254 g/mol. The minimum Gasteiger partial charge on any atom is -0.465 e. The molecule has 2 fully saturated rings. The van der Waals surface area contributed by atoms with Crippen LogP contribution in [0.5, 0.6) is 0 Å². The highest BCUT2D eigenvalue weighted by Crippen LogP contribution is 2.33. The molecule has 104 valence electrons. The van der Waals surface area contributed by atoms with Gasteiger partial charge in [-0.3, -0.25) is 4.79 Å². The van der Waals surface area contributed by atoms with Gasteiger partial charge < -0.3 is 15.4 Å². The summed E-state index contributed by atoms with van der Waals surface area (Å²) in [6, 6.07) is -0.453. The number of carbonyl (C=O) groups is 1. The van der Waals surface area contributed by atoms with E-state index < -0.39 is 6.04 Å². The van der Waals surface area contributed by atoms with Gasteiger partial charge in [0.25, 0.3) is 0 Å². The van der Waals surface area contributed by atoms with Crippen LogP contribution in [0.3, 0.4) is 0 Å². The van der Waals surface area contributed by atoms with Crippen LogP contribution in [0.1, 0.15) is 39.0 Å². The van der Waals surface area contributed by atoms with Crippen molar-refractivity contribution in [3.63, 3.8) is 0 Å². The SMILES string of the molecule is CCOC(=O)C(N)CCN(CC1CC1)CC1CC1. The van der Waals surface area contributed by atoms with Crippen LogP contribution in [0.15, 0.2) is 0 Å². The van der Waals surface area contributed by atoms with E-state index in [-0.39, 0.29) is 5.97 Å². The highest BCUT2D eigenvalue weighted by Gasteiger charge is 2.29. The van der Waals surface area contributed by atoms with Crippen LogP contribution in [0.4, 0.5) is 0 Å². The number of carbonyl (C=O) groups excluding carboxylic acids is 1. The van der Waals surface area contributed by atoms with Crippen LogP contribution >= 0.6 is 0 Å². The molecule has 4 nitrogen and oxygen atoms in total. The van der Waals surface area contributed by atoms with Crippen LogP contribution in [-0.4, -0.2) is 43.2 Å². The average Bonchev–Trinajstić information content (AvgIpc) is 3.21. The van der Waals surface area contributed by atoms with Crippen molar-refractivity contribution >= 4 is 5.97 Å². The van der Waals surface area contributed by atoms with Crippen LogP contribution in [0, 0.1) is 11.8 Å². The molecular formula is C14H26N2O2. The second-order valence-electron chi connectivity index (χ2n) is 5.79. The maximum Gasteiger partial charge on any atom is 0.322 e. The molecule has 2 aliphatic carbocycles. The zero-order valence-electron chi connectivity index (χ0n) is 11.4. The van der Waals surface area contributed by atoms with Gasteiger partial charge >= 0.3 is 5.97 Å². The minimum atomic E-state index is -0.453. The molecular weight excluding hydrogens is 228 g/mol. The predicted octanol–water partition coefficient (Wildman–Crippen LogP) is 1.39. The topological polar surface area (TPSA) is 55.6 Å². The summed E-state index contributed by atoms with van der Waals surface area (Å²) in [5.74, 6) is 1.56. The fourth-order valence-electron chi connectivity index (χ4n) is 2.28. The van der Waals surface area contributed by atoms with Gasteiger partial charge in [0.15, 0.2) is 0 Å². The molecule has 1 atom stereocenters. The van der Waals surface area contributed by atoms with Crippen molar-refractivity contribution in [2.24, 2.45) is 17.6 Å². The number of hydrogen-bond acceptors (Lipinski definition) is 4. The second kappa shape index (κ2) is 6.53. The molecule has 0 amide bonds. The first-order chi connectivity index (χ1) is 8.69. The summed E-state index contributed by atoms with van der Waals surface area (Å²) in [7, 11) is 0.